The fraction of sp³-hybridized carbons (Fsp3) is 0.105. The van der Waals surface area contributed by atoms with E-state index in [-0.39, 0.29) is 5.91 Å². The average Bonchev–Trinajstić information content (AvgIpc) is 2.62. The molecule has 1 amide bonds. The van der Waals surface area contributed by atoms with Crippen molar-refractivity contribution < 1.29 is 9.53 Å². The molecule has 0 aliphatic rings. The van der Waals surface area contributed by atoms with Crippen molar-refractivity contribution in [2.24, 2.45) is 0 Å². The van der Waals surface area contributed by atoms with Crippen LogP contribution in [0.3, 0.4) is 0 Å². The van der Waals surface area contributed by atoms with Gasteiger partial charge in [-0.05, 0) is 36.8 Å². The molecule has 0 unspecified atom stereocenters. The van der Waals surface area contributed by atoms with E-state index in [2.05, 4.69) is 15.3 Å². The Balaban J connectivity index is 1.59. The van der Waals surface area contributed by atoms with Gasteiger partial charge in [0.25, 0.3) is 5.91 Å². The van der Waals surface area contributed by atoms with Crippen LogP contribution in [0.5, 0.6) is 5.75 Å². The van der Waals surface area contributed by atoms with Gasteiger partial charge in [0.2, 0.25) is 0 Å². The van der Waals surface area contributed by atoms with Crippen molar-refractivity contribution in [3.63, 3.8) is 0 Å². The van der Waals surface area contributed by atoms with E-state index in [0.29, 0.717) is 23.7 Å². The van der Waals surface area contributed by atoms with Crippen LogP contribution in [0.1, 0.15) is 21.7 Å². The van der Waals surface area contributed by atoms with Crippen LogP contribution in [0, 0.1) is 6.92 Å². The minimum atomic E-state index is -0.288. The molecule has 1 heterocycles. The van der Waals surface area contributed by atoms with Gasteiger partial charge in [-0.1, -0.05) is 30.3 Å². The van der Waals surface area contributed by atoms with Crippen LogP contribution < -0.4 is 10.1 Å². The minimum Gasteiger partial charge on any atom is -0.489 e. The predicted octanol–water partition coefficient (Wildman–Crippen LogP) is 3.62. The van der Waals surface area contributed by atoms with Gasteiger partial charge in [0, 0.05) is 11.9 Å². The van der Waals surface area contributed by atoms with Crippen LogP contribution >= 0.6 is 0 Å². The largest absolute Gasteiger partial charge is 0.489 e. The van der Waals surface area contributed by atoms with E-state index in [1.807, 2.05) is 42.5 Å². The van der Waals surface area contributed by atoms with Crippen molar-refractivity contribution >= 4 is 11.6 Å². The van der Waals surface area contributed by atoms with Gasteiger partial charge >= 0.3 is 0 Å². The lowest BCUT2D eigenvalue weighted by molar-refractivity contribution is 0.102. The van der Waals surface area contributed by atoms with Crippen molar-refractivity contribution in [1.29, 1.82) is 0 Å². The van der Waals surface area contributed by atoms with Crippen LogP contribution in [-0.2, 0) is 6.61 Å². The lowest BCUT2D eigenvalue weighted by Crippen LogP contribution is -2.14. The van der Waals surface area contributed by atoms with Crippen molar-refractivity contribution in [3.8, 4) is 5.75 Å². The summed E-state index contributed by atoms with van der Waals surface area (Å²) in [5.41, 5.74) is 2.77. The second kappa shape index (κ2) is 7.37. The highest BCUT2D eigenvalue weighted by Gasteiger charge is 2.08. The van der Waals surface area contributed by atoms with Gasteiger partial charge in [0.15, 0.2) is 0 Å². The molecule has 0 bridgehead atoms. The van der Waals surface area contributed by atoms with Crippen molar-refractivity contribution in [2.45, 2.75) is 13.5 Å². The van der Waals surface area contributed by atoms with Crippen LogP contribution in [-0.4, -0.2) is 15.9 Å². The molecule has 0 saturated carbocycles. The fourth-order valence-electron chi connectivity index (χ4n) is 2.14. The van der Waals surface area contributed by atoms with Gasteiger partial charge in [-0.3, -0.25) is 9.78 Å². The summed E-state index contributed by atoms with van der Waals surface area (Å²) in [6.45, 7) is 2.30. The lowest BCUT2D eigenvalue weighted by atomic mass is 10.2. The zero-order valence-electron chi connectivity index (χ0n) is 13.3. The fourth-order valence-corrected chi connectivity index (χ4v) is 2.14. The SMILES string of the molecule is Cc1cncc(C(=O)Nc2ccc(OCc3ccccc3)cc2)n1. The molecule has 2 aromatic carbocycles. The number of nitrogens with zero attached hydrogens (tertiary/aromatic N) is 2. The molecule has 24 heavy (non-hydrogen) atoms. The maximum atomic E-state index is 12.1. The van der Waals surface area contributed by atoms with Gasteiger partial charge in [0.05, 0.1) is 11.9 Å². The third kappa shape index (κ3) is 4.16. The number of hydrogen-bond donors (Lipinski definition) is 1. The van der Waals surface area contributed by atoms with Gasteiger partial charge < -0.3 is 10.1 Å². The molecule has 0 aliphatic heterocycles. The number of carbonyl (C=O) groups is 1. The monoisotopic (exact) mass is 319 g/mol. The highest BCUT2D eigenvalue weighted by Crippen LogP contribution is 2.17. The zero-order chi connectivity index (χ0) is 16.8. The molecule has 0 saturated heterocycles. The predicted molar refractivity (Wildman–Crippen MR) is 91.9 cm³/mol. The summed E-state index contributed by atoms with van der Waals surface area (Å²) in [6.07, 6.45) is 3.05. The quantitative estimate of drug-likeness (QED) is 0.780. The summed E-state index contributed by atoms with van der Waals surface area (Å²) in [7, 11) is 0. The smallest absolute Gasteiger partial charge is 0.275 e. The first-order valence-corrected chi connectivity index (χ1v) is 7.57. The lowest BCUT2D eigenvalue weighted by Gasteiger charge is -2.08. The molecule has 5 nitrogen and oxygen atoms in total. The van der Waals surface area contributed by atoms with Gasteiger partial charge in [-0.2, -0.15) is 0 Å². The Morgan fingerprint density at radius 1 is 1.04 bits per heavy atom. The number of ether oxygens (including phenoxy) is 1. The third-order valence-electron chi connectivity index (χ3n) is 3.35. The molecule has 3 aromatic rings. The van der Waals surface area contributed by atoms with E-state index >= 15 is 0 Å². The number of nitrogens with one attached hydrogen (secondary N) is 1. The maximum absolute atomic E-state index is 12.1. The molecular weight excluding hydrogens is 302 g/mol. The number of aromatic nitrogens is 2. The molecule has 0 aliphatic carbocycles. The summed E-state index contributed by atoms with van der Waals surface area (Å²) >= 11 is 0. The number of carbonyl (C=O) groups excluding carboxylic acids is 1. The first-order chi connectivity index (χ1) is 11.7. The molecule has 3 rings (SSSR count). The third-order valence-corrected chi connectivity index (χ3v) is 3.35. The summed E-state index contributed by atoms with van der Waals surface area (Å²) < 4.78 is 5.72. The Morgan fingerprint density at radius 2 is 1.79 bits per heavy atom. The normalized spacial score (nSPS) is 10.2. The maximum Gasteiger partial charge on any atom is 0.275 e. The topological polar surface area (TPSA) is 64.1 Å². The van der Waals surface area contributed by atoms with Crippen molar-refractivity contribution in [1.82, 2.24) is 9.97 Å². The highest BCUT2D eigenvalue weighted by atomic mass is 16.5. The Bertz CT molecular complexity index is 818. The van der Waals surface area contributed by atoms with Gasteiger partial charge in [-0.25, -0.2) is 4.98 Å². The van der Waals surface area contributed by atoms with E-state index < -0.39 is 0 Å². The van der Waals surface area contributed by atoms with E-state index in [9.17, 15) is 4.79 Å². The van der Waals surface area contributed by atoms with Gasteiger partial charge in [-0.15, -0.1) is 0 Å². The standard InChI is InChI=1S/C19H17N3O2/c1-14-11-20-12-18(21-14)19(23)22-16-7-9-17(10-8-16)24-13-15-5-3-2-4-6-15/h2-12H,13H2,1H3,(H,22,23). The van der Waals surface area contributed by atoms with Crippen LogP contribution in [0.15, 0.2) is 67.0 Å². The van der Waals surface area contributed by atoms with E-state index in [1.54, 1.807) is 25.3 Å². The first kappa shape index (κ1) is 15.7. The zero-order valence-corrected chi connectivity index (χ0v) is 13.3. The van der Waals surface area contributed by atoms with Crippen molar-refractivity contribution in [3.05, 3.63) is 83.9 Å². The van der Waals surface area contributed by atoms with Gasteiger partial charge in [0.1, 0.15) is 18.1 Å². The van der Waals surface area contributed by atoms with Crippen LogP contribution in [0.2, 0.25) is 0 Å². The summed E-state index contributed by atoms with van der Waals surface area (Å²) in [4.78, 5) is 20.2. The highest BCUT2D eigenvalue weighted by molar-refractivity contribution is 6.02. The molecule has 0 fully saturated rings. The number of anilines is 1. The first-order valence-electron chi connectivity index (χ1n) is 7.57. The van der Waals surface area contributed by atoms with Crippen LogP contribution in [0.25, 0.3) is 0 Å². The Labute approximate surface area is 140 Å². The minimum absolute atomic E-state index is 0.288. The van der Waals surface area contributed by atoms with Crippen molar-refractivity contribution in [2.75, 3.05) is 5.32 Å². The number of aryl methyl sites for hydroxylation is 1. The van der Waals surface area contributed by atoms with E-state index in [4.69, 9.17) is 4.74 Å². The Hall–Kier alpha value is -3.21. The summed E-state index contributed by atoms with van der Waals surface area (Å²) in [5, 5.41) is 2.79. The second-order valence-corrected chi connectivity index (χ2v) is 5.30. The number of amides is 1. The summed E-state index contributed by atoms with van der Waals surface area (Å²) in [5.74, 6) is 0.455. The van der Waals surface area contributed by atoms with Crippen LogP contribution in [0.4, 0.5) is 5.69 Å². The molecule has 0 atom stereocenters. The molecule has 0 spiro atoms. The number of rotatable bonds is 5. The molecular formula is C19H17N3O2. The average molecular weight is 319 g/mol. The molecule has 120 valence electrons. The molecule has 0 radical (unpaired) electrons. The Kier molecular flexibility index (Phi) is 4.81. The number of hydrogen-bond acceptors (Lipinski definition) is 4. The molecule has 1 N–H and O–H groups in total. The second-order valence-electron chi connectivity index (χ2n) is 5.30. The van der Waals surface area contributed by atoms with E-state index in [1.165, 1.54) is 6.20 Å². The Morgan fingerprint density at radius 3 is 2.50 bits per heavy atom. The summed E-state index contributed by atoms with van der Waals surface area (Å²) in [6, 6.07) is 17.2. The molecule has 5 heteroatoms. The van der Waals surface area contributed by atoms with E-state index in [0.717, 1.165) is 11.3 Å². The number of benzene rings is 2. The molecule has 1 aromatic heterocycles.